The maximum absolute atomic E-state index is 9.64. The number of hydrogen-bond acceptors (Lipinski definition) is 3. The Morgan fingerprint density at radius 3 is 2.07 bits per heavy atom. The third-order valence-corrected chi connectivity index (χ3v) is 1.31. The van der Waals surface area contributed by atoms with Crippen LogP contribution in [0.5, 0.6) is 0 Å². The summed E-state index contributed by atoms with van der Waals surface area (Å²) >= 11 is 0. The van der Waals surface area contributed by atoms with E-state index in [1.54, 1.807) is 19.1 Å². The fraction of sp³-hybridized carbons (Fsp3) is 0.545. The first-order valence-electron chi connectivity index (χ1n) is 4.75. The lowest BCUT2D eigenvalue weighted by Gasteiger charge is -2.21. The van der Waals surface area contributed by atoms with E-state index in [2.05, 4.69) is 21.1 Å². The fourth-order valence-corrected chi connectivity index (χ4v) is 0.545. The highest BCUT2D eigenvalue weighted by Gasteiger charge is 2.02. The zero-order chi connectivity index (χ0) is 12.3. The average Bonchev–Trinajstić information content (AvgIpc) is 2.02. The van der Waals surface area contributed by atoms with Crippen molar-refractivity contribution in [3.63, 3.8) is 0 Å². The highest BCUT2D eigenvalue weighted by molar-refractivity contribution is 5.77. The van der Waals surface area contributed by atoms with Crippen LogP contribution in [0.15, 0.2) is 24.3 Å². The summed E-state index contributed by atoms with van der Waals surface area (Å²) in [6, 6.07) is 0. The van der Waals surface area contributed by atoms with Crippen LogP contribution in [0.1, 0.15) is 6.92 Å². The molecular formula is C11H21NO3. The Kier molecular flexibility index (Phi) is 10.2. The molecule has 0 saturated carbocycles. The molecule has 0 aromatic carbocycles. The number of aliphatic hydroxyl groups is 1. The van der Waals surface area contributed by atoms with E-state index < -0.39 is 5.97 Å². The molecule has 0 amide bonds. The van der Waals surface area contributed by atoms with E-state index in [4.69, 9.17) is 5.11 Å². The van der Waals surface area contributed by atoms with Gasteiger partial charge in [0.05, 0.1) is 33.7 Å². The topological polar surface area (TPSA) is 60.4 Å². The van der Waals surface area contributed by atoms with Crippen molar-refractivity contribution in [2.75, 3.05) is 34.3 Å². The lowest BCUT2D eigenvalue weighted by molar-refractivity contribution is -0.870. The van der Waals surface area contributed by atoms with Crippen molar-refractivity contribution < 1.29 is 19.5 Å². The van der Waals surface area contributed by atoms with Crippen LogP contribution in [0.4, 0.5) is 0 Å². The van der Waals surface area contributed by atoms with Crippen molar-refractivity contribution in [2.24, 2.45) is 0 Å². The molecule has 88 valence electrons. The van der Waals surface area contributed by atoms with Crippen LogP contribution in [0.25, 0.3) is 0 Å². The molecule has 0 aromatic heterocycles. The quantitative estimate of drug-likeness (QED) is 0.393. The van der Waals surface area contributed by atoms with Crippen molar-refractivity contribution in [3.05, 3.63) is 24.3 Å². The number of carbonyl (C=O) groups is 1. The highest BCUT2D eigenvalue weighted by Crippen LogP contribution is 1.84. The average molecular weight is 215 g/mol. The van der Waals surface area contributed by atoms with Gasteiger partial charge in [0.1, 0.15) is 6.54 Å². The van der Waals surface area contributed by atoms with Crippen molar-refractivity contribution >= 4 is 5.97 Å². The molecule has 0 heterocycles. The summed E-state index contributed by atoms with van der Waals surface area (Å²) in [5, 5.41) is 18.0. The number of carboxylic acid groups (broad SMARTS) is 1. The van der Waals surface area contributed by atoms with Crippen LogP contribution >= 0.6 is 0 Å². The molecular weight excluding hydrogens is 194 g/mol. The molecule has 0 fully saturated rings. The van der Waals surface area contributed by atoms with Crippen LogP contribution in [0.2, 0.25) is 0 Å². The monoisotopic (exact) mass is 215 g/mol. The van der Waals surface area contributed by atoms with Crippen molar-refractivity contribution in [2.45, 2.75) is 6.92 Å². The van der Waals surface area contributed by atoms with Crippen molar-refractivity contribution in [3.8, 4) is 0 Å². The zero-order valence-corrected chi connectivity index (χ0v) is 9.93. The van der Waals surface area contributed by atoms with Crippen molar-refractivity contribution in [1.29, 1.82) is 0 Å². The predicted octanol–water partition coefficient (Wildman–Crippen LogP) is -0.446. The minimum absolute atomic E-state index is 0.281. The largest absolute Gasteiger partial charge is 0.545 e. The Hall–Kier alpha value is -1.13. The van der Waals surface area contributed by atoms with Gasteiger partial charge in [0.25, 0.3) is 0 Å². The van der Waals surface area contributed by atoms with Gasteiger partial charge in [0.15, 0.2) is 0 Å². The van der Waals surface area contributed by atoms with Gasteiger partial charge in [-0.15, -0.1) is 0 Å². The van der Waals surface area contributed by atoms with Crippen LogP contribution in [0.3, 0.4) is 0 Å². The van der Waals surface area contributed by atoms with Gasteiger partial charge in [-0.25, -0.2) is 0 Å². The van der Waals surface area contributed by atoms with E-state index >= 15 is 0 Å². The van der Waals surface area contributed by atoms with E-state index in [1.165, 1.54) is 6.08 Å². The number of allylic oxidation sites excluding steroid dienone is 3. The van der Waals surface area contributed by atoms with Gasteiger partial charge in [-0.2, -0.15) is 0 Å². The first kappa shape index (κ1) is 16.3. The summed E-state index contributed by atoms with van der Waals surface area (Å²) in [5.41, 5.74) is 0. The first-order chi connectivity index (χ1) is 6.83. The molecule has 4 nitrogen and oxygen atoms in total. The number of carbonyl (C=O) groups excluding carboxylic acids is 1. The minimum atomic E-state index is -1.16. The Balaban J connectivity index is 0. The van der Waals surface area contributed by atoms with Crippen LogP contribution < -0.4 is 5.11 Å². The molecule has 4 heteroatoms. The molecule has 0 saturated heterocycles. The summed E-state index contributed by atoms with van der Waals surface area (Å²) in [6.45, 7) is 2.92. The number of hydrogen-bond donors (Lipinski definition) is 1. The molecule has 0 aliphatic heterocycles. The Morgan fingerprint density at radius 1 is 1.33 bits per heavy atom. The first-order valence-corrected chi connectivity index (χ1v) is 4.75. The van der Waals surface area contributed by atoms with Gasteiger partial charge in [0.2, 0.25) is 0 Å². The number of carboxylic acids is 1. The standard InChI is InChI=1S/C6H8O2.C5H14NO/c1-2-3-4-5-6(7)8;1-6(2,3)4-5-7/h2-5H,1H3,(H,7,8);7H,4-5H2,1-3H3/q;+1/p-1. The fourth-order valence-electron chi connectivity index (χ4n) is 0.545. The second-order valence-corrected chi connectivity index (χ2v) is 3.94. The Bertz CT molecular complexity index is 214. The molecule has 0 rings (SSSR count). The lowest BCUT2D eigenvalue weighted by atomic mass is 10.4. The molecule has 0 radical (unpaired) electrons. The van der Waals surface area contributed by atoms with Gasteiger partial charge in [0, 0.05) is 0 Å². The number of rotatable bonds is 4. The third-order valence-electron chi connectivity index (χ3n) is 1.31. The van der Waals surface area contributed by atoms with Crippen LogP contribution in [-0.2, 0) is 4.79 Å². The molecule has 0 aliphatic carbocycles. The second kappa shape index (κ2) is 9.43. The molecule has 0 atom stereocenters. The van der Waals surface area contributed by atoms with Gasteiger partial charge in [-0.3, -0.25) is 0 Å². The van der Waals surface area contributed by atoms with Crippen LogP contribution in [-0.4, -0.2) is 49.9 Å². The molecule has 0 aromatic rings. The number of likely N-dealkylation sites (N-methyl/N-ethyl adjacent to an activating group) is 1. The van der Waals surface area contributed by atoms with Gasteiger partial charge in [-0.05, 0) is 13.0 Å². The Labute approximate surface area is 91.7 Å². The molecule has 0 aliphatic rings. The van der Waals surface area contributed by atoms with Gasteiger partial charge >= 0.3 is 0 Å². The summed E-state index contributed by atoms with van der Waals surface area (Å²) in [5.74, 6) is -1.16. The van der Waals surface area contributed by atoms with Gasteiger partial charge < -0.3 is 19.5 Å². The third kappa shape index (κ3) is 24.6. The van der Waals surface area contributed by atoms with Crippen LogP contribution in [0, 0.1) is 0 Å². The lowest BCUT2D eigenvalue weighted by Crippen LogP contribution is -2.36. The van der Waals surface area contributed by atoms with E-state index in [-0.39, 0.29) is 6.61 Å². The maximum Gasteiger partial charge on any atom is 0.101 e. The maximum atomic E-state index is 9.64. The van der Waals surface area contributed by atoms with E-state index in [9.17, 15) is 9.90 Å². The molecule has 0 spiro atoms. The number of aliphatic carboxylic acids is 1. The number of nitrogens with zero attached hydrogens (tertiary/aromatic N) is 1. The molecule has 15 heavy (non-hydrogen) atoms. The predicted molar refractivity (Wildman–Crippen MR) is 58.9 cm³/mol. The minimum Gasteiger partial charge on any atom is -0.545 e. The molecule has 0 unspecified atom stereocenters. The van der Waals surface area contributed by atoms with Gasteiger partial charge in [-0.1, -0.05) is 18.2 Å². The number of quaternary nitrogens is 1. The summed E-state index contributed by atoms with van der Waals surface area (Å²) in [6.07, 6.45) is 5.74. The smallest absolute Gasteiger partial charge is 0.101 e. The normalized spacial score (nSPS) is 11.5. The van der Waals surface area contributed by atoms with Crippen molar-refractivity contribution in [1.82, 2.24) is 0 Å². The van der Waals surface area contributed by atoms with E-state index in [0.717, 1.165) is 17.1 Å². The summed E-state index contributed by atoms with van der Waals surface area (Å²) < 4.78 is 0.844. The number of aliphatic hydroxyl groups excluding tert-OH is 1. The van der Waals surface area contributed by atoms with E-state index in [1.807, 2.05) is 0 Å². The molecule has 1 N–H and O–H groups in total. The summed E-state index contributed by atoms with van der Waals surface area (Å²) in [4.78, 5) is 9.64. The van der Waals surface area contributed by atoms with E-state index in [0.29, 0.717) is 0 Å². The zero-order valence-electron chi connectivity index (χ0n) is 9.93. The second-order valence-electron chi connectivity index (χ2n) is 3.94. The molecule has 0 bridgehead atoms. The SMILES string of the molecule is CC=CC=CC(=O)[O-].C[N+](C)(C)CCO. The highest BCUT2D eigenvalue weighted by atomic mass is 16.4. The summed E-state index contributed by atoms with van der Waals surface area (Å²) in [7, 11) is 6.16. The Morgan fingerprint density at radius 2 is 1.87 bits per heavy atom.